The van der Waals surface area contributed by atoms with Gasteiger partial charge in [0.15, 0.2) is 0 Å². The lowest BCUT2D eigenvalue weighted by Crippen LogP contribution is -2.45. The van der Waals surface area contributed by atoms with E-state index in [0.717, 1.165) is 13.1 Å². The van der Waals surface area contributed by atoms with Crippen molar-refractivity contribution < 1.29 is 5.11 Å². The number of aliphatic hydroxyl groups excluding tert-OH is 1. The molecule has 0 saturated carbocycles. The van der Waals surface area contributed by atoms with Crippen molar-refractivity contribution >= 4 is 0 Å². The van der Waals surface area contributed by atoms with Crippen molar-refractivity contribution in [1.82, 2.24) is 10.2 Å². The molecule has 0 radical (unpaired) electrons. The van der Waals surface area contributed by atoms with Crippen LogP contribution in [0.3, 0.4) is 0 Å². The highest BCUT2D eigenvalue weighted by atomic mass is 16.3. The highest BCUT2D eigenvalue weighted by Gasteiger charge is 2.30. The van der Waals surface area contributed by atoms with E-state index in [-0.39, 0.29) is 6.10 Å². The molecule has 0 amide bonds. The van der Waals surface area contributed by atoms with Crippen molar-refractivity contribution in [2.75, 3.05) is 20.1 Å². The molecule has 0 spiro atoms. The second-order valence-corrected chi connectivity index (χ2v) is 4.10. The Kier molecular flexibility index (Phi) is 4.16. The second kappa shape index (κ2) is 4.94. The third-order valence-corrected chi connectivity index (χ3v) is 3.08. The van der Waals surface area contributed by atoms with Crippen molar-refractivity contribution in [3.63, 3.8) is 0 Å². The Bertz CT molecular complexity index is 152. The first kappa shape index (κ1) is 11.0. The van der Waals surface area contributed by atoms with Crippen molar-refractivity contribution in [2.24, 2.45) is 0 Å². The molecule has 0 aliphatic carbocycles. The van der Waals surface area contributed by atoms with Gasteiger partial charge in [-0.1, -0.05) is 13.3 Å². The van der Waals surface area contributed by atoms with Crippen molar-refractivity contribution in [3.8, 4) is 0 Å². The second-order valence-electron chi connectivity index (χ2n) is 4.10. The molecule has 3 unspecified atom stereocenters. The van der Waals surface area contributed by atoms with Crippen LogP contribution >= 0.6 is 0 Å². The van der Waals surface area contributed by atoms with E-state index >= 15 is 0 Å². The molecule has 1 fully saturated rings. The Labute approximate surface area is 81.1 Å². The topological polar surface area (TPSA) is 35.5 Å². The number of hydrogen-bond donors (Lipinski definition) is 2. The molecule has 0 aromatic rings. The Balaban J connectivity index is 2.40. The molecule has 1 aliphatic heterocycles. The summed E-state index contributed by atoms with van der Waals surface area (Å²) in [5.41, 5.74) is 0. The summed E-state index contributed by atoms with van der Waals surface area (Å²) in [6, 6.07) is 0.881. The molecule has 78 valence electrons. The van der Waals surface area contributed by atoms with E-state index in [1.165, 1.54) is 12.8 Å². The summed E-state index contributed by atoms with van der Waals surface area (Å²) in [6.45, 7) is 6.10. The third-order valence-electron chi connectivity index (χ3n) is 3.08. The van der Waals surface area contributed by atoms with Crippen LogP contribution in [0.5, 0.6) is 0 Å². The summed E-state index contributed by atoms with van der Waals surface area (Å²) < 4.78 is 0. The SMILES string of the molecule is CCCC(C)N(C)C1CNCC1O. The van der Waals surface area contributed by atoms with Gasteiger partial charge in [0.1, 0.15) is 0 Å². The van der Waals surface area contributed by atoms with E-state index < -0.39 is 0 Å². The van der Waals surface area contributed by atoms with Crippen LogP contribution in [-0.4, -0.2) is 48.3 Å². The molecule has 2 N–H and O–H groups in total. The van der Waals surface area contributed by atoms with Gasteiger partial charge < -0.3 is 10.4 Å². The Morgan fingerprint density at radius 1 is 1.54 bits per heavy atom. The van der Waals surface area contributed by atoms with Gasteiger partial charge in [0.05, 0.1) is 6.10 Å². The van der Waals surface area contributed by atoms with Gasteiger partial charge in [0.25, 0.3) is 0 Å². The normalized spacial score (nSPS) is 31.2. The highest BCUT2D eigenvalue weighted by Crippen LogP contribution is 2.13. The van der Waals surface area contributed by atoms with E-state index in [9.17, 15) is 5.11 Å². The standard InChI is InChI=1S/C10H22N2O/c1-4-5-8(2)12(3)9-6-11-7-10(9)13/h8-11,13H,4-7H2,1-3H3. The molecule has 3 heteroatoms. The van der Waals surface area contributed by atoms with Gasteiger partial charge in [-0.2, -0.15) is 0 Å². The minimum Gasteiger partial charge on any atom is -0.390 e. The van der Waals surface area contributed by atoms with Gasteiger partial charge in [-0.25, -0.2) is 0 Å². The average Bonchev–Trinajstić information content (AvgIpc) is 2.50. The quantitative estimate of drug-likeness (QED) is 0.669. The number of β-amino-alcohol motifs (C(OH)–C–C–N with tert-alkyl or cyclic N) is 1. The summed E-state index contributed by atoms with van der Waals surface area (Å²) in [7, 11) is 2.11. The molecule has 1 rings (SSSR count). The predicted octanol–water partition coefficient (Wildman–Crippen LogP) is 0.439. The minimum absolute atomic E-state index is 0.190. The number of hydrogen-bond acceptors (Lipinski definition) is 3. The average molecular weight is 186 g/mol. The molecule has 0 aromatic carbocycles. The molecule has 13 heavy (non-hydrogen) atoms. The Morgan fingerprint density at radius 2 is 2.23 bits per heavy atom. The number of nitrogens with zero attached hydrogens (tertiary/aromatic N) is 1. The first-order chi connectivity index (χ1) is 6.16. The predicted molar refractivity (Wildman–Crippen MR) is 54.8 cm³/mol. The fourth-order valence-corrected chi connectivity index (χ4v) is 2.01. The molecule has 1 heterocycles. The molecular weight excluding hydrogens is 164 g/mol. The first-order valence-corrected chi connectivity index (χ1v) is 5.27. The lowest BCUT2D eigenvalue weighted by Gasteiger charge is -2.31. The lowest BCUT2D eigenvalue weighted by molar-refractivity contribution is 0.0751. The summed E-state index contributed by atoms with van der Waals surface area (Å²) in [5, 5.41) is 12.9. The van der Waals surface area contributed by atoms with Crippen LogP contribution in [0.25, 0.3) is 0 Å². The molecular formula is C10H22N2O. The Morgan fingerprint density at radius 3 is 2.69 bits per heavy atom. The fraction of sp³-hybridized carbons (Fsp3) is 1.00. The van der Waals surface area contributed by atoms with E-state index in [1.54, 1.807) is 0 Å². The van der Waals surface area contributed by atoms with Crippen molar-refractivity contribution in [1.29, 1.82) is 0 Å². The van der Waals surface area contributed by atoms with Gasteiger partial charge in [-0.05, 0) is 20.4 Å². The van der Waals surface area contributed by atoms with E-state index in [0.29, 0.717) is 12.1 Å². The van der Waals surface area contributed by atoms with E-state index in [4.69, 9.17) is 0 Å². The van der Waals surface area contributed by atoms with Gasteiger partial charge in [0, 0.05) is 25.2 Å². The monoisotopic (exact) mass is 186 g/mol. The molecule has 0 bridgehead atoms. The zero-order valence-corrected chi connectivity index (χ0v) is 8.95. The first-order valence-electron chi connectivity index (χ1n) is 5.27. The third kappa shape index (κ3) is 2.66. The molecule has 3 atom stereocenters. The summed E-state index contributed by atoms with van der Waals surface area (Å²) in [6.07, 6.45) is 2.23. The number of rotatable bonds is 4. The van der Waals surface area contributed by atoms with Gasteiger partial charge >= 0.3 is 0 Å². The van der Waals surface area contributed by atoms with Gasteiger partial charge in [0.2, 0.25) is 0 Å². The minimum atomic E-state index is -0.190. The fourth-order valence-electron chi connectivity index (χ4n) is 2.01. The largest absolute Gasteiger partial charge is 0.390 e. The van der Waals surface area contributed by atoms with E-state index in [1.807, 2.05) is 0 Å². The smallest absolute Gasteiger partial charge is 0.0831 e. The van der Waals surface area contributed by atoms with Crippen LogP contribution in [0, 0.1) is 0 Å². The number of likely N-dealkylation sites (N-methyl/N-ethyl adjacent to an activating group) is 1. The number of nitrogens with one attached hydrogen (secondary N) is 1. The zero-order valence-electron chi connectivity index (χ0n) is 8.95. The van der Waals surface area contributed by atoms with Gasteiger partial charge in [-0.3, -0.25) is 4.90 Å². The van der Waals surface area contributed by atoms with E-state index in [2.05, 4.69) is 31.1 Å². The van der Waals surface area contributed by atoms with Crippen molar-refractivity contribution in [2.45, 2.75) is 44.9 Å². The molecule has 0 aromatic heterocycles. The summed E-state index contributed by atoms with van der Waals surface area (Å²) in [4.78, 5) is 2.30. The zero-order chi connectivity index (χ0) is 9.84. The molecule has 3 nitrogen and oxygen atoms in total. The summed E-state index contributed by atoms with van der Waals surface area (Å²) in [5.74, 6) is 0. The van der Waals surface area contributed by atoms with Crippen LogP contribution in [0.2, 0.25) is 0 Å². The highest BCUT2D eigenvalue weighted by molar-refractivity contribution is 4.88. The van der Waals surface area contributed by atoms with Crippen LogP contribution in [0.15, 0.2) is 0 Å². The van der Waals surface area contributed by atoms with Crippen LogP contribution in [0.4, 0.5) is 0 Å². The maximum Gasteiger partial charge on any atom is 0.0831 e. The molecule has 1 saturated heterocycles. The maximum atomic E-state index is 9.67. The number of aliphatic hydroxyl groups is 1. The maximum absolute atomic E-state index is 9.67. The lowest BCUT2D eigenvalue weighted by atomic mass is 10.1. The van der Waals surface area contributed by atoms with Crippen LogP contribution in [0.1, 0.15) is 26.7 Å². The van der Waals surface area contributed by atoms with Crippen LogP contribution in [-0.2, 0) is 0 Å². The Hall–Kier alpha value is -0.120. The summed E-state index contributed by atoms with van der Waals surface area (Å²) >= 11 is 0. The van der Waals surface area contributed by atoms with Gasteiger partial charge in [-0.15, -0.1) is 0 Å². The molecule has 1 aliphatic rings. The van der Waals surface area contributed by atoms with Crippen LogP contribution < -0.4 is 5.32 Å². The van der Waals surface area contributed by atoms with Crippen molar-refractivity contribution in [3.05, 3.63) is 0 Å².